The molecule has 0 aromatic carbocycles. The molecule has 0 aliphatic rings. The van der Waals surface area contributed by atoms with Crippen molar-refractivity contribution in [2.24, 2.45) is 0 Å². The summed E-state index contributed by atoms with van der Waals surface area (Å²) < 4.78 is 24.4. The molecule has 0 bridgehead atoms. The maximum Gasteiger partial charge on any atom is 0.289 e. The van der Waals surface area contributed by atoms with E-state index >= 15 is 0 Å². The molecule has 1 aromatic rings. The van der Waals surface area contributed by atoms with E-state index in [0.717, 1.165) is 0 Å². The molecule has 6 nitrogen and oxygen atoms in total. The number of hydrogen-bond donors (Lipinski definition) is 2. The van der Waals surface area contributed by atoms with Gasteiger partial charge in [0, 0.05) is 0 Å². The molecule has 14 heavy (non-hydrogen) atoms. The minimum absolute atomic E-state index is 0.390. The summed E-state index contributed by atoms with van der Waals surface area (Å²) in [5, 5.41) is 19.1. The van der Waals surface area contributed by atoms with E-state index in [1.165, 1.54) is 0 Å². The molecule has 0 fully saturated rings. The van der Waals surface area contributed by atoms with Crippen LogP contribution in [0.3, 0.4) is 0 Å². The van der Waals surface area contributed by atoms with Gasteiger partial charge in [0.05, 0.1) is 11.0 Å². The predicted octanol–water partition coefficient (Wildman–Crippen LogP) is 0.926. The Morgan fingerprint density at radius 3 is 2.57 bits per heavy atom. The molecule has 8 heteroatoms. The summed E-state index contributed by atoms with van der Waals surface area (Å²) in [5.41, 5.74) is -3.30. The van der Waals surface area contributed by atoms with Gasteiger partial charge in [0.2, 0.25) is 5.88 Å². The number of aromatic amines is 1. The minimum Gasteiger partial charge on any atom is -0.494 e. The van der Waals surface area contributed by atoms with Crippen LogP contribution in [-0.4, -0.2) is 15.0 Å². The van der Waals surface area contributed by atoms with E-state index in [0.29, 0.717) is 6.07 Å². The highest BCUT2D eigenvalue weighted by Gasteiger charge is 2.27. The number of aromatic hydroxyl groups is 1. The van der Waals surface area contributed by atoms with Crippen LogP contribution >= 0.6 is 0 Å². The second kappa shape index (κ2) is 3.40. The SMILES string of the molecule is O=c1cc([N+](=O)[O-])c(C(F)F)c(O)[nH]1. The molecular formula is C6H4F2N2O4. The van der Waals surface area contributed by atoms with E-state index in [2.05, 4.69) is 0 Å². The second-order valence-corrected chi connectivity index (χ2v) is 2.34. The van der Waals surface area contributed by atoms with Crippen LogP contribution in [0.1, 0.15) is 12.0 Å². The van der Waals surface area contributed by atoms with Crippen LogP contribution in [0, 0.1) is 10.1 Å². The molecule has 0 spiro atoms. The Labute approximate surface area is 75.0 Å². The molecule has 0 atom stereocenters. The lowest BCUT2D eigenvalue weighted by Gasteiger charge is -2.02. The molecule has 0 aliphatic carbocycles. The maximum atomic E-state index is 12.2. The van der Waals surface area contributed by atoms with Gasteiger partial charge in [-0.2, -0.15) is 0 Å². The first-order valence-corrected chi connectivity index (χ1v) is 3.32. The fourth-order valence-corrected chi connectivity index (χ4v) is 0.910. The lowest BCUT2D eigenvalue weighted by molar-refractivity contribution is -0.386. The van der Waals surface area contributed by atoms with Crippen LogP contribution < -0.4 is 5.56 Å². The highest BCUT2D eigenvalue weighted by atomic mass is 19.3. The number of nitrogens with one attached hydrogen (secondary N) is 1. The molecule has 2 N–H and O–H groups in total. The summed E-state index contributed by atoms with van der Waals surface area (Å²) in [7, 11) is 0. The van der Waals surface area contributed by atoms with Gasteiger partial charge in [0.1, 0.15) is 0 Å². The van der Waals surface area contributed by atoms with Crippen LogP contribution in [0.25, 0.3) is 0 Å². The van der Waals surface area contributed by atoms with Crippen LogP contribution in [0.2, 0.25) is 0 Å². The summed E-state index contributed by atoms with van der Waals surface area (Å²) in [6.45, 7) is 0. The van der Waals surface area contributed by atoms with E-state index in [4.69, 9.17) is 5.11 Å². The molecule has 0 amide bonds. The van der Waals surface area contributed by atoms with Crippen molar-refractivity contribution in [3.63, 3.8) is 0 Å². The van der Waals surface area contributed by atoms with Crippen molar-refractivity contribution < 1.29 is 18.8 Å². The Balaban J connectivity index is 3.52. The van der Waals surface area contributed by atoms with Crippen molar-refractivity contribution in [2.45, 2.75) is 6.43 Å². The third-order valence-corrected chi connectivity index (χ3v) is 1.46. The monoisotopic (exact) mass is 206 g/mol. The first kappa shape index (κ1) is 10.1. The Bertz CT molecular complexity index is 428. The topological polar surface area (TPSA) is 96.2 Å². The lowest BCUT2D eigenvalue weighted by Crippen LogP contribution is -2.09. The van der Waals surface area contributed by atoms with Gasteiger partial charge < -0.3 is 5.11 Å². The van der Waals surface area contributed by atoms with Crippen LogP contribution in [0.5, 0.6) is 5.88 Å². The molecule has 1 heterocycles. The van der Waals surface area contributed by atoms with Crippen molar-refractivity contribution in [1.29, 1.82) is 0 Å². The number of nitrogens with zero attached hydrogens (tertiary/aromatic N) is 1. The van der Waals surface area contributed by atoms with Gasteiger partial charge in [-0.15, -0.1) is 0 Å². The van der Waals surface area contributed by atoms with Gasteiger partial charge in [-0.05, 0) is 0 Å². The van der Waals surface area contributed by atoms with Gasteiger partial charge in [-0.25, -0.2) is 8.78 Å². The molecule has 0 unspecified atom stereocenters. The van der Waals surface area contributed by atoms with Gasteiger partial charge in [-0.1, -0.05) is 0 Å². The fourth-order valence-electron chi connectivity index (χ4n) is 0.910. The molecule has 0 radical (unpaired) electrons. The Kier molecular flexibility index (Phi) is 2.45. The number of pyridine rings is 1. The number of H-pyrrole nitrogens is 1. The predicted molar refractivity (Wildman–Crippen MR) is 40.3 cm³/mol. The lowest BCUT2D eigenvalue weighted by atomic mass is 10.2. The van der Waals surface area contributed by atoms with Crippen LogP contribution in [0.4, 0.5) is 14.5 Å². The zero-order valence-electron chi connectivity index (χ0n) is 6.53. The Hall–Kier alpha value is -1.99. The summed E-state index contributed by atoms with van der Waals surface area (Å²) in [6.07, 6.45) is -3.23. The largest absolute Gasteiger partial charge is 0.494 e. The summed E-state index contributed by atoms with van der Waals surface area (Å²) in [5.74, 6) is -1.18. The smallest absolute Gasteiger partial charge is 0.289 e. The summed E-state index contributed by atoms with van der Waals surface area (Å²) >= 11 is 0. The van der Waals surface area contributed by atoms with E-state index in [-0.39, 0.29) is 0 Å². The maximum absolute atomic E-state index is 12.2. The number of aromatic nitrogens is 1. The first-order chi connectivity index (χ1) is 6.43. The van der Waals surface area contributed by atoms with Gasteiger partial charge in [0.15, 0.2) is 5.56 Å². The Morgan fingerprint density at radius 2 is 2.14 bits per heavy atom. The van der Waals surface area contributed by atoms with Crippen molar-refractivity contribution >= 4 is 5.69 Å². The molecule has 1 rings (SSSR count). The van der Waals surface area contributed by atoms with Gasteiger partial charge in [-0.3, -0.25) is 19.9 Å². The van der Waals surface area contributed by atoms with Crippen molar-refractivity contribution in [3.8, 4) is 5.88 Å². The normalized spacial score (nSPS) is 10.5. The molecule has 0 saturated carbocycles. The third-order valence-electron chi connectivity index (χ3n) is 1.46. The van der Waals surface area contributed by atoms with E-state index in [1.54, 1.807) is 4.98 Å². The zero-order valence-corrected chi connectivity index (χ0v) is 6.53. The summed E-state index contributed by atoms with van der Waals surface area (Å²) in [4.78, 5) is 21.3. The van der Waals surface area contributed by atoms with Crippen molar-refractivity contribution in [2.75, 3.05) is 0 Å². The molecule has 1 aromatic heterocycles. The zero-order chi connectivity index (χ0) is 10.9. The second-order valence-electron chi connectivity index (χ2n) is 2.34. The summed E-state index contributed by atoms with van der Waals surface area (Å²) in [6, 6.07) is 0.390. The number of alkyl halides is 2. The molecular weight excluding hydrogens is 202 g/mol. The number of hydrogen-bond acceptors (Lipinski definition) is 4. The number of rotatable bonds is 2. The fraction of sp³-hybridized carbons (Fsp3) is 0.167. The minimum atomic E-state index is -3.23. The van der Waals surface area contributed by atoms with E-state index in [9.17, 15) is 23.7 Å². The highest BCUT2D eigenvalue weighted by Crippen LogP contribution is 2.32. The molecule has 0 saturated heterocycles. The van der Waals surface area contributed by atoms with E-state index < -0.39 is 34.0 Å². The average Bonchev–Trinajstić information content (AvgIpc) is 2.01. The molecule has 76 valence electrons. The Morgan fingerprint density at radius 1 is 1.57 bits per heavy atom. The number of nitro groups is 1. The van der Waals surface area contributed by atoms with Crippen LogP contribution in [-0.2, 0) is 0 Å². The average molecular weight is 206 g/mol. The van der Waals surface area contributed by atoms with Gasteiger partial charge in [0.25, 0.3) is 17.7 Å². The molecule has 0 aliphatic heterocycles. The van der Waals surface area contributed by atoms with Gasteiger partial charge >= 0.3 is 0 Å². The third kappa shape index (κ3) is 1.68. The van der Waals surface area contributed by atoms with Crippen molar-refractivity contribution in [1.82, 2.24) is 4.98 Å². The first-order valence-electron chi connectivity index (χ1n) is 3.32. The number of halogens is 2. The standard InChI is InChI=1S/C6H4F2N2O4/c7-5(8)4-2(10(13)14)1-3(11)9-6(4)12/h1,5H,(H2,9,11,12). The van der Waals surface area contributed by atoms with E-state index in [1.807, 2.05) is 0 Å². The van der Waals surface area contributed by atoms with Crippen LogP contribution in [0.15, 0.2) is 10.9 Å². The quantitative estimate of drug-likeness (QED) is 0.555. The van der Waals surface area contributed by atoms with Crippen molar-refractivity contribution in [3.05, 3.63) is 32.1 Å². The highest BCUT2D eigenvalue weighted by molar-refractivity contribution is 5.45.